The van der Waals surface area contributed by atoms with Crippen LogP contribution in [-0.2, 0) is 12.8 Å². The van der Waals surface area contributed by atoms with Crippen LogP contribution in [0.3, 0.4) is 0 Å². The number of hydrogen-bond donors (Lipinski definition) is 2. The van der Waals surface area contributed by atoms with Crippen LogP contribution in [0, 0.1) is 5.82 Å². The number of benzene rings is 1. The first kappa shape index (κ1) is 8.51. The summed E-state index contributed by atoms with van der Waals surface area (Å²) in [6, 6.07) is 3.42. The fourth-order valence-corrected chi connectivity index (χ4v) is 1.88. The van der Waals surface area contributed by atoms with Crippen molar-refractivity contribution in [2.45, 2.75) is 25.3 Å². The highest BCUT2D eigenvalue weighted by Gasteiger charge is 2.18. The second kappa shape index (κ2) is 3.00. The monoisotopic (exact) mass is 180 g/mol. The summed E-state index contributed by atoms with van der Waals surface area (Å²) in [5.41, 5.74) is 13.8. The minimum Gasteiger partial charge on any atom is -0.396 e. The van der Waals surface area contributed by atoms with Gasteiger partial charge in [0.1, 0.15) is 5.82 Å². The van der Waals surface area contributed by atoms with Gasteiger partial charge in [-0.3, -0.25) is 0 Å². The zero-order valence-electron chi connectivity index (χ0n) is 7.39. The maximum absolute atomic E-state index is 13.0. The molecule has 1 atom stereocenters. The maximum atomic E-state index is 13.0. The van der Waals surface area contributed by atoms with E-state index in [4.69, 9.17) is 11.5 Å². The molecule has 0 bridgehead atoms. The van der Waals surface area contributed by atoms with Crippen molar-refractivity contribution in [3.63, 3.8) is 0 Å². The van der Waals surface area contributed by atoms with E-state index in [1.54, 1.807) is 6.07 Å². The van der Waals surface area contributed by atoms with Gasteiger partial charge in [-0.05, 0) is 36.5 Å². The first-order valence-corrected chi connectivity index (χ1v) is 4.50. The van der Waals surface area contributed by atoms with E-state index in [9.17, 15) is 4.39 Å². The lowest BCUT2D eigenvalue weighted by molar-refractivity contribution is 0.569. The van der Waals surface area contributed by atoms with Crippen LogP contribution < -0.4 is 11.5 Å². The second-order valence-corrected chi connectivity index (χ2v) is 3.60. The molecule has 0 saturated heterocycles. The zero-order valence-corrected chi connectivity index (χ0v) is 7.39. The highest BCUT2D eigenvalue weighted by atomic mass is 19.1. The molecule has 0 radical (unpaired) electrons. The smallest absolute Gasteiger partial charge is 0.146 e. The van der Waals surface area contributed by atoms with Gasteiger partial charge in [-0.2, -0.15) is 0 Å². The Morgan fingerprint density at radius 2 is 2.15 bits per heavy atom. The first-order valence-electron chi connectivity index (χ1n) is 4.50. The van der Waals surface area contributed by atoms with Crippen molar-refractivity contribution in [1.82, 2.24) is 0 Å². The third kappa shape index (κ3) is 1.40. The molecule has 0 aliphatic heterocycles. The highest BCUT2D eigenvalue weighted by Crippen LogP contribution is 2.27. The van der Waals surface area contributed by atoms with Crippen LogP contribution in [0.2, 0.25) is 0 Å². The summed E-state index contributed by atoms with van der Waals surface area (Å²) in [6.45, 7) is 0. The Morgan fingerprint density at radius 1 is 1.38 bits per heavy atom. The Bertz CT molecular complexity index is 336. The summed E-state index contributed by atoms with van der Waals surface area (Å²) in [5.74, 6) is -0.311. The Hall–Kier alpha value is -1.09. The summed E-state index contributed by atoms with van der Waals surface area (Å²) in [6.07, 6.45) is 2.53. The molecule has 1 aliphatic rings. The molecule has 0 spiro atoms. The van der Waals surface area contributed by atoms with Crippen molar-refractivity contribution in [2.75, 3.05) is 5.73 Å². The Balaban J connectivity index is 2.47. The quantitative estimate of drug-likeness (QED) is 0.590. The van der Waals surface area contributed by atoms with Gasteiger partial charge >= 0.3 is 0 Å². The molecule has 13 heavy (non-hydrogen) atoms. The van der Waals surface area contributed by atoms with Gasteiger partial charge in [0.05, 0.1) is 5.69 Å². The number of rotatable bonds is 0. The molecular weight excluding hydrogens is 167 g/mol. The molecule has 1 aromatic carbocycles. The first-order chi connectivity index (χ1) is 6.18. The Morgan fingerprint density at radius 3 is 2.92 bits per heavy atom. The summed E-state index contributed by atoms with van der Waals surface area (Å²) in [7, 11) is 0. The van der Waals surface area contributed by atoms with Crippen molar-refractivity contribution in [1.29, 1.82) is 0 Å². The number of anilines is 1. The third-order valence-corrected chi connectivity index (χ3v) is 2.65. The van der Waals surface area contributed by atoms with Gasteiger partial charge in [0, 0.05) is 6.04 Å². The van der Waals surface area contributed by atoms with Crippen LogP contribution in [0.5, 0.6) is 0 Å². The number of nitrogen functional groups attached to an aromatic ring is 1. The molecule has 2 nitrogen and oxygen atoms in total. The van der Waals surface area contributed by atoms with Gasteiger partial charge < -0.3 is 11.5 Å². The summed E-state index contributed by atoms with van der Waals surface area (Å²) >= 11 is 0. The average molecular weight is 180 g/mol. The number of nitrogens with two attached hydrogens (primary N) is 2. The summed E-state index contributed by atoms with van der Waals surface area (Å²) in [4.78, 5) is 0. The molecule has 0 heterocycles. The molecule has 0 unspecified atom stereocenters. The van der Waals surface area contributed by atoms with Crippen LogP contribution in [-0.4, -0.2) is 6.04 Å². The zero-order chi connectivity index (χ0) is 9.42. The van der Waals surface area contributed by atoms with Crippen molar-refractivity contribution in [3.05, 3.63) is 29.1 Å². The molecule has 1 aromatic rings. The molecule has 0 aromatic heterocycles. The predicted octanol–water partition coefficient (Wildman–Crippen LogP) is 1.22. The molecule has 0 fully saturated rings. The highest BCUT2D eigenvalue weighted by molar-refractivity contribution is 5.53. The summed E-state index contributed by atoms with van der Waals surface area (Å²) < 4.78 is 13.0. The van der Waals surface area contributed by atoms with Gasteiger partial charge in [0.25, 0.3) is 0 Å². The van der Waals surface area contributed by atoms with E-state index < -0.39 is 0 Å². The molecule has 1 aliphatic carbocycles. The lowest BCUT2D eigenvalue weighted by Crippen LogP contribution is -2.28. The molecular formula is C10H13FN2. The fourth-order valence-electron chi connectivity index (χ4n) is 1.88. The normalized spacial score (nSPS) is 21.2. The molecule has 0 saturated carbocycles. The minimum atomic E-state index is -0.311. The van der Waals surface area contributed by atoms with Crippen molar-refractivity contribution in [3.8, 4) is 0 Å². The van der Waals surface area contributed by atoms with Crippen LogP contribution in [0.25, 0.3) is 0 Å². The third-order valence-electron chi connectivity index (χ3n) is 2.65. The molecule has 3 heteroatoms. The minimum absolute atomic E-state index is 0.206. The largest absolute Gasteiger partial charge is 0.396 e. The van der Waals surface area contributed by atoms with E-state index in [1.807, 2.05) is 0 Å². The van der Waals surface area contributed by atoms with E-state index in [2.05, 4.69) is 0 Å². The Kier molecular flexibility index (Phi) is 1.96. The van der Waals surface area contributed by atoms with Crippen molar-refractivity contribution < 1.29 is 4.39 Å². The molecule has 70 valence electrons. The number of fused-ring (bicyclic) bond motifs is 1. The van der Waals surface area contributed by atoms with Gasteiger partial charge in [-0.15, -0.1) is 0 Å². The average Bonchev–Trinajstić information content (AvgIpc) is 2.12. The summed E-state index contributed by atoms with van der Waals surface area (Å²) in [5, 5.41) is 0. The van der Waals surface area contributed by atoms with Crippen LogP contribution in [0.15, 0.2) is 12.1 Å². The standard InChI is InChI=1S/C10H13FN2/c11-9-4-1-6-5-7(12)2-3-8(6)10(9)13/h1,4,7H,2-3,5,12-13H2/t7-/m0/s1. The van der Waals surface area contributed by atoms with Crippen LogP contribution in [0.1, 0.15) is 17.5 Å². The Labute approximate surface area is 76.7 Å². The van der Waals surface area contributed by atoms with Crippen molar-refractivity contribution in [2.24, 2.45) is 5.73 Å². The fraction of sp³-hybridized carbons (Fsp3) is 0.400. The van der Waals surface area contributed by atoms with Gasteiger partial charge in [-0.25, -0.2) is 4.39 Å². The van der Waals surface area contributed by atoms with Gasteiger partial charge in [-0.1, -0.05) is 6.07 Å². The SMILES string of the molecule is Nc1c(F)ccc2c1CC[C@H](N)C2. The molecule has 0 amide bonds. The van der Waals surface area contributed by atoms with Crippen LogP contribution >= 0.6 is 0 Å². The number of halogens is 1. The van der Waals surface area contributed by atoms with E-state index in [1.165, 1.54) is 6.07 Å². The molecule has 4 N–H and O–H groups in total. The van der Waals surface area contributed by atoms with E-state index in [0.29, 0.717) is 5.69 Å². The topological polar surface area (TPSA) is 52.0 Å². The van der Waals surface area contributed by atoms with E-state index in [0.717, 1.165) is 30.4 Å². The van der Waals surface area contributed by atoms with Crippen LogP contribution in [0.4, 0.5) is 10.1 Å². The number of hydrogen-bond acceptors (Lipinski definition) is 2. The second-order valence-electron chi connectivity index (χ2n) is 3.60. The lowest BCUT2D eigenvalue weighted by Gasteiger charge is -2.22. The van der Waals surface area contributed by atoms with E-state index in [-0.39, 0.29) is 11.9 Å². The lowest BCUT2D eigenvalue weighted by atomic mass is 9.87. The predicted molar refractivity (Wildman–Crippen MR) is 50.8 cm³/mol. The maximum Gasteiger partial charge on any atom is 0.146 e. The van der Waals surface area contributed by atoms with Crippen molar-refractivity contribution >= 4 is 5.69 Å². The van der Waals surface area contributed by atoms with Gasteiger partial charge in [0.15, 0.2) is 0 Å². The molecule has 2 rings (SSSR count). The van der Waals surface area contributed by atoms with E-state index >= 15 is 0 Å². The van der Waals surface area contributed by atoms with Gasteiger partial charge in [0.2, 0.25) is 0 Å².